The van der Waals surface area contributed by atoms with Crippen molar-refractivity contribution < 1.29 is 9.59 Å². The van der Waals surface area contributed by atoms with Crippen molar-refractivity contribution in [2.75, 3.05) is 0 Å². The number of hydrogen-bond acceptors (Lipinski definition) is 5. The van der Waals surface area contributed by atoms with Crippen LogP contribution in [0.1, 0.15) is 63.6 Å². The summed E-state index contributed by atoms with van der Waals surface area (Å²) in [5, 5.41) is 14.1. The molecule has 9 nitrogen and oxygen atoms in total. The third kappa shape index (κ3) is 5.42. The van der Waals surface area contributed by atoms with E-state index >= 15 is 0 Å². The van der Waals surface area contributed by atoms with Crippen molar-refractivity contribution in [1.29, 1.82) is 0 Å². The number of carbonyl (C=O) groups excluding carboxylic acids is 2. The Kier molecular flexibility index (Phi) is 7.00. The summed E-state index contributed by atoms with van der Waals surface area (Å²) in [6.45, 7) is 4.62. The molecule has 3 rings (SSSR count). The monoisotopic (exact) mass is 401 g/mol. The van der Waals surface area contributed by atoms with Gasteiger partial charge in [0.2, 0.25) is 11.8 Å². The molecule has 9 heteroatoms. The number of rotatable bonds is 8. The Morgan fingerprint density at radius 3 is 2.69 bits per heavy atom. The Morgan fingerprint density at radius 1 is 1.28 bits per heavy atom. The molecule has 0 aromatic carbocycles. The SMILES string of the molecule is CCc1nccn1CCC(=O)NC1CCC(C(=O)NC(C)c2nncn2C)CC1. The molecule has 158 valence electrons. The fraction of sp³-hybridized carbons (Fsp3) is 0.650. The van der Waals surface area contributed by atoms with Crippen molar-refractivity contribution in [2.24, 2.45) is 13.0 Å². The molecule has 1 atom stereocenters. The molecule has 1 unspecified atom stereocenters. The lowest BCUT2D eigenvalue weighted by molar-refractivity contribution is -0.126. The predicted octanol–water partition coefficient (Wildman–Crippen LogP) is 1.52. The largest absolute Gasteiger partial charge is 0.353 e. The summed E-state index contributed by atoms with van der Waals surface area (Å²) in [5.41, 5.74) is 0. The average Bonchev–Trinajstić information content (AvgIpc) is 3.35. The van der Waals surface area contributed by atoms with E-state index in [0.717, 1.165) is 43.8 Å². The van der Waals surface area contributed by atoms with E-state index < -0.39 is 0 Å². The molecule has 2 aromatic heterocycles. The molecule has 29 heavy (non-hydrogen) atoms. The summed E-state index contributed by atoms with van der Waals surface area (Å²) < 4.78 is 3.84. The zero-order chi connectivity index (χ0) is 20.8. The first-order chi connectivity index (χ1) is 14.0. The second-order valence-corrected chi connectivity index (χ2v) is 7.79. The van der Waals surface area contributed by atoms with Crippen LogP contribution in [0.25, 0.3) is 0 Å². The van der Waals surface area contributed by atoms with Gasteiger partial charge < -0.3 is 19.8 Å². The molecule has 1 aliphatic carbocycles. The van der Waals surface area contributed by atoms with Gasteiger partial charge in [-0.1, -0.05) is 6.92 Å². The minimum Gasteiger partial charge on any atom is -0.353 e. The highest BCUT2D eigenvalue weighted by molar-refractivity contribution is 5.79. The minimum absolute atomic E-state index is 0.0168. The second kappa shape index (κ2) is 9.67. The molecular weight excluding hydrogens is 370 g/mol. The third-order valence-electron chi connectivity index (χ3n) is 5.65. The Labute approximate surface area is 171 Å². The number of imidazole rings is 1. The molecule has 1 saturated carbocycles. The van der Waals surface area contributed by atoms with Gasteiger partial charge >= 0.3 is 0 Å². The molecule has 0 spiro atoms. The molecule has 2 heterocycles. The van der Waals surface area contributed by atoms with E-state index in [4.69, 9.17) is 0 Å². The minimum atomic E-state index is -0.177. The molecule has 0 aliphatic heterocycles. The summed E-state index contributed by atoms with van der Waals surface area (Å²) in [4.78, 5) is 29.1. The van der Waals surface area contributed by atoms with Crippen molar-refractivity contribution in [1.82, 2.24) is 34.9 Å². The summed E-state index contributed by atoms with van der Waals surface area (Å²) in [5.74, 6) is 1.84. The molecular formula is C20H31N7O2. The number of hydrogen-bond donors (Lipinski definition) is 2. The van der Waals surface area contributed by atoms with Crippen LogP contribution < -0.4 is 10.6 Å². The fourth-order valence-corrected chi connectivity index (χ4v) is 3.96. The van der Waals surface area contributed by atoms with Crippen LogP contribution in [0.5, 0.6) is 0 Å². The van der Waals surface area contributed by atoms with Gasteiger partial charge in [-0.15, -0.1) is 10.2 Å². The topological polar surface area (TPSA) is 107 Å². The zero-order valence-corrected chi connectivity index (χ0v) is 17.5. The zero-order valence-electron chi connectivity index (χ0n) is 17.5. The van der Waals surface area contributed by atoms with Crippen molar-refractivity contribution in [3.63, 3.8) is 0 Å². The molecule has 0 radical (unpaired) electrons. The molecule has 0 bridgehead atoms. The molecule has 2 aromatic rings. The quantitative estimate of drug-likeness (QED) is 0.697. The van der Waals surface area contributed by atoms with Crippen LogP contribution in [0.3, 0.4) is 0 Å². The van der Waals surface area contributed by atoms with Gasteiger partial charge in [-0.2, -0.15) is 0 Å². The van der Waals surface area contributed by atoms with Crippen molar-refractivity contribution in [2.45, 2.75) is 71.0 Å². The van der Waals surface area contributed by atoms with Crippen LogP contribution in [-0.4, -0.2) is 42.2 Å². The van der Waals surface area contributed by atoms with Crippen LogP contribution in [0.2, 0.25) is 0 Å². The highest BCUT2D eigenvalue weighted by atomic mass is 16.2. The first kappa shape index (κ1) is 21.0. The van der Waals surface area contributed by atoms with Gasteiger partial charge in [0.05, 0.1) is 6.04 Å². The number of aromatic nitrogens is 5. The lowest BCUT2D eigenvalue weighted by Gasteiger charge is -2.29. The van der Waals surface area contributed by atoms with E-state index in [1.165, 1.54) is 0 Å². The van der Waals surface area contributed by atoms with E-state index in [0.29, 0.717) is 13.0 Å². The summed E-state index contributed by atoms with van der Waals surface area (Å²) in [7, 11) is 1.86. The second-order valence-electron chi connectivity index (χ2n) is 7.79. The van der Waals surface area contributed by atoms with Crippen LogP contribution >= 0.6 is 0 Å². The van der Waals surface area contributed by atoms with Gasteiger partial charge in [0.1, 0.15) is 12.2 Å². The average molecular weight is 402 g/mol. The van der Waals surface area contributed by atoms with Crippen LogP contribution in [0, 0.1) is 5.92 Å². The smallest absolute Gasteiger partial charge is 0.223 e. The number of nitrogens with one attached hydrogen (secondary N) is 2. The van der Waals surface area contributed by atoms with E-state index in [-0.39, 0.29) is 29.8 Å². The number of amides is 2. The van der Waals surface area contributed by atoms with Crippen LogP contribution in [-0.2, 0) is 29.6 Å². The van der Waals surface area contributed by atoms with Gasteiger partial charge in [-0.3, -0.25) is 9.59 Å². The maximum absolute atomic E-state index is 12.6. The summed E-state index contributed by atoms with van der Waals surface area (Å²) >= 11 is 0. The number of nitrogens with zero attached hydrogens (tertiary/aromatic N) is 5. The first-order valence-corrected chi connectivity index (χ1v) is 10.4. The molecule has 0 saturated heterocycles. The number of aryl methyl sites for hydroxylation is 3. The molecule has 1 fully saturated rings. The lowest BCUT2D eigenvalue weighted by Crippen LogP contribution is -2.41. The van der Waals surface area contributed by atoms with E-state index in [2.05, 4.69) is 32.7 Å². The highest BCUT2D eigenvalue weighted by Gasteiger charge is 2.28. The van der Waals surface area contributed by atoms with Gasteiger partial charge in [0, 0.05) is 50.8 Å². The van der Waals surface area contributed by atoms with E-state index in [1.807, 2.05) is 29.3 Å². The lowest BCUT2D eigenvalue weighted by atomic mass is 9.85. The summed E-state index contributed by atoms with van der Waals surface area (Å²) in [6.07, 6.45) is 9.83. The van der Waals surface area contributed by atoms with Gasteiger partial charge in [-0.05, 0) is 32.6 Å². The van der Waals surface area contributed by atoms with Crippen LogP contribution in [0.4, 0.5) is 0 Å². The Morgan fingerprint density at radius 2 is 2.03 bits per heavy atom. The molecule has 2 amide bonds. The third-order valence-corrected chi connectivity index (χ3v) is 5.65. The predicted molar refractivity (Wildman–Crippen MR) is 108 cm³/mol. The first-order valence-electron chi connectivity index (χ1n) is 10.4. The van der Waals surface area contributed by atoms with Crippen molar-refractivity contribution in [3.05, 3.63) is 30.4 Å². The maximum Gasteiger partial charge on any atom is 0.223 e. The number of carbonyl (C=O) groups is 2. The Bertz CT molecular complexity index is 820. The standard InChI is InChI=1S/C20H31N7O2/c1-4-17-21-10-12-27(17)11-9-18(28)24-16-7-5-15(6-8-16)20(29)23-14(2)19-25-22-13-26(19)3/h10,12-16H,4-9,11H2,1-3H3,(H,23,29)(H,24,28). The van der Waals surface area contributed by atoms with E-state index in [1.54, 1.807) is 12.5 Å². The highest BCUT2D eigenvalue weighted by Crippen LogP contribution is 2.25. The Hall–Kier alpha value is -2.71. The maximum atomic E-state index is 12.6. The van der Waals surface area contributed by atoms with Crippen molar-refractivity contribution in [3.8, 4) is 0 Å². The van der Waals surface area contributed by atoms with Crippen LogP contribution in [0.15, 0.2) is 18.7 Å². The fourth-order valence-electron chi connectivity index (χ4n) is 3.96. The molecule has 1 aliphatic rings. The van der Waals surface area contributed by atoms with Gasteiger partial charge in [0.15, 0.2) is 5.82 Å². The molecule has 2 N–H and O–H groups in total. The van der Waals surface area contributed by atoms with Gasteiger partial charge in [-0.25, -0.2) is 4.98 Å². The summed E-state index contributed by atoms with van der Waals surface area (Å²) in [6, 6.07) is -0.0280. The normalized spacial score (nSPS) is 20.2. The van der Waals surface area contributed by atoms with Crippen molar-refractivity contribution >= 4 is 11.8 Å². The Balaban J connectivity index is 1.39. The van der Waals surface area contributed by atoms with Gasteiger partial charge in [0.25, 0.3) is 0 Å². The van der Waals surface area contributed by atoms with E-state index in [9.17, 15) is 9.59 Å².